The van der Waals surface area contributed by atoms with E-state index >= 15 is 0 Å². The Bertz CT molecular complexity index is 584. The Balaban J connectivity index is 2.82. The summed E-state index contributed by atoms with van der Waals surface area (Å²) in [6.07, 6.45) is 0. The molecule has 0 unspecified atom stereocenters. The van der Waals surface area contributed by atoms with E-state index in [1.807, 2.05) is 25.1 Å². The van der Waals surface area contributed by atoms with E-state index in [4.69, 9.17) is 5.11 Å². The molecule has 0 atom stereocenters. The number of hydrogen-bond donors (Lipinski definition) is 2. The number of rotatable bonds is 3. The summed E-state index contributed by atoms with van der Waals surface area (Å²) < 4.78 is 1.66. The molecular formula is C13H15NO3. The van der Waals surface area contributed by atoms with Gasteiger partial charge in [-0.2, -0.15) is 0 Å². The predicted molar refractivity (Wildman–Crippen MR) is 65.5 cm³/mol. The van der Waals surface area contributed by atoms with Crippen molar-refractivity contribution in [1.82, 2.24) is 4.57 Å². The molecule has 2 N–H and O–H groups in total. The van der Waals surface area contributed by atoms with Crippen LogP contribution in [0.1, 0.15) is 21.6 Å². The lowest BCUT2D eigenvalue weighted by Crippen LogP contribution is -2.11. The normalized spacial score (nSPS) is 11.0. The fourth-order valence-electron chi connectivity index (χ4n) is 2.24. The number of fused-ring (bicyclic) bond motifs is 1. The third kappa shape index (κ3) is 1.80. The third-order valence-corrected chi connectivity index (χ3v) is 3.00. The summed E-state index contributed by atoms with van der Waals surface area (Å²) in [7, 11) is 0. The molecule has 0 amide bonds. The maximum atomic E-state index is 11.3. The number of aliphatic hydroxyl groups excluding tert-OH is 1. The Labute approximate surface area is 99.1 Å². The molecule has 0 fully saturated rings. The van der Waals surface area contributed by atoms with Gasteiger partial charge in [-0.3, -0.25) is 0 Å². The summed E-state index contributed by atoms with van der Waals surface area (Å²) in [4.78, 5) is 11.3. The molecule has 0 aliphatic heterocycles. The van der Waals surface area contributed by atoms with Crippen LogP contribution in [0.2, 0.25) is 0 Å². The number of aryl methyl sites for hydroxylation is 2. The number of hydrogen-bond acceptors (Lipinski definition) is 2. The molecule has 1 aromatic heterocycles. The Morgan fingerprint density at radius 2 is 2.06 bits per heavy atom. The summed E-state index contributed by atoms with van der Waals surface area (Å²) >= 11 is 0. The highest BCUT2D eigenvalue weighted by atomic mass is 16.4. The molecule has 0 aliphatic rings. The van der Waals surface area contributed by atoms with E-state index in [1.165, 1.54) is 0 Å². The predicted octanol–water partition coefficient (Wildman–Crippen LogP) is 1.95. The average molecular weight is 233 g/mol. The van der Waals surface area contributed by atoms with Crippen molar-refractivity contribution < 1.29 is 15.0 Å². The van der Waals surface area contributed by atoms with E-state index in [2.05, 4.69) is 0 Å². The number of carboxylic acids is 1. The minimum atomic E-state index is -0.954. The lowest BCUT2D eigenvalue weighted by Gasteiger charge is -2.06. The Kier molecular flexibility index (Phi) is 2.90. The molecule has 0 aliphatic carbocycles. The van der Waals surface area contributed by atoms with E-state index in [1.54, 1.807) is 11.5 Å². The van der Waals surface area contributed by atoms with Crippen LogP contribution in [0, 0.1) is 13.8 Å². The minimum Gasteiger partial charge on any atom is -0.477 e. The summed E-state index contributed by atoms with van der Waals surface area (Å²) in [6, 6.07) is 5.83. The smallest absolute Gasteiger partial charge is 0.352 e. The van der Waals surface area contributed by atoms with Crippen LogP contribution in [0.5, 0.6) is 0 Å². The van der Waals surface area contributed by atoms with E-state index in [0.717, 1.165) is 22.0 Å². The SMILES string of the molecule is Cc1ccc2c(c1)c(C)c(C(=O)O)n2CCO. The second-order valence-electron chi connectivity index (χ2n) is 4.17. The number of benzene rings is 1. The van der Waals surface area contributed by atoms with E-state index in [0.29, 0.717) is 6.54 Å². The number of aromatic carboxylic acids is 1. The molecule has 0 saturated heterocycles. The Hall–Kier alpha value is -1.81. The van der Waals surface area contributed by atoms with E-state index in [9.17, 15) is 9.90 Å². The number of nitrogens with zero attached hydrogens (tertiary/aromatic N) is 1. The van der Waals surface area contributed by atoms with Crippen molar-refractivity contribution in [2.45, 2.75) is 20.4 Å². The highest BCUT2D eigenvalue weighted by Crippen LogP contribution is 2.26. The van der Waals surface area contributed by atoms with Gasteiger partial charge in [0.05, 0.1) is 6.61 Å². The Morgan fingerprint density at radius 3 is 2.65 bits per heavy atom. The summed E-state index contributed by atoms with van der Waals surface area (Å²) in [5.41, 5.74) is 2.97. The van der Waals surface area contributed by atoms with Gasteiger partial charge in [-0.1, -0.05) is 11.6 Å². The molecule has 17 heavy (non-hydrogen) atoms. The fraction of sp³-hybridized carbons (Fsp3) is 0.308. The number of aliphatic hydroxyl groups is 1. The average Bonchev–Trinajstić information content (AvgIpc) is 2.53. The van der Waals surface area contributed by atoms with Gasteiger partial charge in [0.1, 0.15) is 5.69 Å². The van der Waals surface area contributed by atoms with Crippen molar-refractivity contribution in [1.29, 1.82) is 0 Å². The fourth-order valence-corrected chi connectivity index (χ4v) is 2.24. The first kappa shape index (κ1) is 11.7. The van der Waals surface area contributed by atoms with Gasteiger partial charge >= 0.3 is 5.97 Å². The molecule has 1 heterocycles. The van der Waals surface area contributed by atoms with Crippen molar-refractivity contribution >= 4 is 16.9 Å². The molecule has 0 radical (unpaired) electrons. The zero-order valence-corrected chi connectivity index (χ0v) is 9.90. The first-order valence-corrected chi connectivity index (χ1v) is 5.50. The molecule has 2 aromatic rings. The maximum absolute atomic E-state index is 11.3. The molecule has 4 heteroatoms. The molecule has 4 nitrogen and oxygen atoms in total. The van der Waals surface area contributed by atoms with E-state index in [-0.39, 0.29) is 12.3 Å². The van der Waals surface area contributed by atoms with Gasteiger partial charge in [0.15, 0.2) is 0 Å². The zero-order valence-electron chi connectivity index (χ0n) is 9.90. The van der Waals surface area contributed by atoms with Gasteiger partial charge in [-0.05, 0) is 31.5 Å². The van der Waals surface area contributed by atoms with Crippen molar-refractivity contribution in [2.24, 2.45) is 0 Å². The second-order valence-corrected chi connectivity index (χ2v) is 4.17. The molecular weight excluding hydrogens is 218 g/mol. The first-order valence-electron chi connectivity index (χ1n) is 5.50. The zero-order chi connectivity index (χ0) is 12.6. The lowest BCUT2D eigenvalue weighted by molar-refractivity contribution is 0.0683. The number of carboxylic acid groups (broad SMARTS) is 1. The van der Waals surface area contributed by atoms with Gasteiger partial charge in [0, 0.05) is 17.4 Å². The Morgan fingerprint density at radius 1 is 1.35 bits per heavy atom. The van der Waals surface area contributed by atoms with Crippen molar-refractivity contribution in [3.63, 3.8) is 0 Å². The summed E-state index contributed by atoms with van der Waals surface area (Å²) in [5.74, 6) is -0.954. The summed E-state index contributed by atoms with van der Waals surface area (Å²) in [6.45, 7) is 4.01. The topological polar surface area (TPSA) is 62.5 Å². The van der Waals surface area contributed by atoms with E-state index < -0.39 is 5.97 Å². The molecule has 2 rings (SSSR count). The van der Waals surface area contributed by atoms with Crippen molar-refractivity contribution in [3.05, 3.63) is 35.0 Å². The van der Waals surface area contributed by atoms with Crippen molar-refractivity contribution in [3.8, 4) is 0 Å². The molecule has 90 valence electrons. The van der Waals surface area contributed by atoms with Crippen LogP contribution < -0.4 is 0 Å². The standard InChI is InChI=1S/C13H15NO3/c1-8-3-4-11-10(7-8)9(2)12(13(16)17)14(11)5-6-15/h3-4,7,15H,5-6H2,1-2H3,(H,16,17). The molecule has 0 spiro atoms. The molecule has 0 bridgehead atoms. The highest BCUT2D eigenvalue weighted by Gasteiger charge is 2.18. The van der Waals surface area contributed by atoms with Crippen LogP contribution in [0.4, 0.5) is 0 Å². The van der Waals surface area contributed by atoms with Crippen LogP contribution >= 0.6 is 0 Å². The van der Waals surface area contributed by atoms with Crippen LogP contribution in [-0.2, 0) is 6.54 Å². The van der Waals surface area contributed by atoms with Crippen LogP contribution in [0.25, 0.3) is 10.9 Å². The quantitative estimate of drug-likeness (QED) is 0.851. The van der Waals surface area contributed by atoms with Gasteiger partial charge < -0.3 is 14.8 Å². The van der Waals surface area contributed by atoms with Crippen molar-refractivity contribution in [2.75, 3.05) is 6.61 Å². The largest absolute Gasteiger partial charge is 0.477 e. The minimum absolute atomic E-state index is 0.0720. The monoisotopic (exact) mass is 233 g/mol. The van der Waals surface area contributed by atoms with Crippen LogP contribution in [0.15, 0.2) is 18.2 Å². The summed E-state index contributed by atoms with van der Waals surface area (Å²) in [5, 5.41) is 19.2. The second kappa shape index (κ2) is 4.22. The first-order chi connectivity index (χ1) is 8.06. The van der Waals surface area contributed by atoms with Gasteiger partial charge in [0.25, 0.3) is 0 Å². The molecule has 1 aromatic carbocycles. The highest BCUT2D eigenvalue weighted by molar-refractivity contribution is 5.98. The van der Waals surface area contributed by atoms with Gasteiger partial charge in [-0.15, -0.1) is 0 Å². The van der Waals surface area contributed by atoms with Crippen LogP contribution in [0.3, 0.4) is 0 Å². The van der Waals surface area contributed by atoms with Gasteiger partial charge in [-0.25, -0.2) is 4.79 Å². The molecule has 0 saturated carbocycles. The lowest BCUT2D eigenvalue weighted by atomic mass is 10.1. The third-order valence-electron chi connectivity index (χ3n) is 3.00. The van der Waals surface area contributed by atoms with Gasteiger partial charge in [0.2, 0.25) is 0 Å². The van der Waals surface area contributed by atoms with Crippen LogP contribution in [-0.4, -0.2) is 27.4 Å². The number of carbonyl (C=O) groups is 1. The number of aromatic nitrogens is 1. The maximum Gasteiger partial charge on any atom is 0.352 e.